The van der Waals surface area contributed by atoms with Crippen LogP contribution < -0.4 is 0 Å². The van der Waals surface area contributed by atoms with Crippen molar-refractivity contribution in [3.63, 3.8) is 0 Å². The van der Waals surface area contributed by atoms with Gasteiger partial charge in [-0.25, -0.2) is 4.98 Å². The highest BCUT2D eigenvalue weighted by Crippen LogP contribution is 2.32. The molecule has 3 rings (SSSR count). The maximum Gasteiger partial charge on any atom is 0.134 e. The van der Waals surface area contributed by atoms with Crippen molar-refractivity contribution in [2.24, 2.45) is 0 Å². The van der Waals surface area contributed by atoms with Crippen LogP contribution in [0.2, 0.25) is 10.0 Å². The Balaban J connectivity index is 2.01. The summed E-state index contributed by atoms with van der Waals surface area (Å²) in [6, 6.07) is 13.8. The van der Waals surface area contributed by atoms with E-state index in [-0.39, 0.29) is 0 Å². The Morgan fingerprint density at radius 1 is 1.20 bits per heavy atom. The zero-order chi connectivity index (χ0) is 18.0. The van der Waals surface area contributed by atoms with E-state index in [1.54, 1.807) is 18.2 Å². The highest BCUT2D eigenvalue weighted by atomic mass is 35.5. The zero-order valence-corrected chi connectivity index (χ0v) is 16.0. The molecule has 0 saturated heterocycles. The monoisotopic (exact) mass is 384 g/mol. The van der Waals surface area contributed by atoms with Gasteiger partial charge in [0.05, 0.1) is 21.3 Å². The number of hydrogen-bond acceptors (Lipinski definition) is 3. The van der Waals surface area contributed by atoms with Crippen molar-refractivity contribution in [2.75, 3.05) is 0 Å². The van der Waals surface area contributed by atoms with Crippen molar-refractivity contribution < 1.29 is 0 Å². The van der Waals surface area contributed by atoms with Crippen molar-refractivity contribution in [3.05, 3.63) is 73.5 Å². The van der Waals surface area contributed by atoms with Gasteiger partial charge in [0.15, 0.2) is 0 Å². The van der Waals surface area contributed by atoms with Gasteiger partial charge in [0, 0.05) is 10.9 Å². The first-order chi connectivity index (χ1) is 12.0. The van der Waals surface area contributed by atoms with Crippen LogP contribution in [0.15, 0.2) is 41.8 Å². The summed E-state index contributed by atoms with van der Waals surface area (Å²) in [6.07, 6.45) is 1.72. The highest BCUT2D eigenvalue weighted by Gasteiger charge is 2.12. The van der Waals surface area contributed by atoms with E-state index in [0.29, 0.717) is 26.2 Å². The summed E-state index contributed by atoms with van der Waals surface area (Å²) in [7, 11) is 0. The quantitative estimate of drug-likeness (QED) is 0.465. The molecule has 5 heteroatoms. The Morgan fingerprint density at radius 2 is 2.00 bits per heavy atom. The molecule has 1 heterocycles. The van der Waals surface area contributed by atoms with Crippen LogP contribution in [0.3, 0.4) is 0 Å². The minimum atomic E-state index is 0.433. The summed E-state index contributed by atoms with van der Waals surface area (Å²) in [4.78, 5) is 4.64. The molecule has 0 saturated carbocycles. The van der Waals surface area contributed by atoms with Crippen LogP contribution in [0.1, 0.15) is 21.7 Å². The standard InChI is InChI=1S/C20H14Cl2N2S/c1-12-6-7-16(13(2)8-12)18-11-25-20(24-18)15(10-23)9-14-4-3-5-17(21)19(14)22/h3-9,11H,1-2H3/b15-9+. The van der Waals surface area contributed by atoms with E-state index >= 15 is 0 Å². The molecule has 0 aliphatic carbocycles. The number of nitriles is 1. The fourth-order valence-corrected chi connectivity index (χ4v) is 3.70. The second-order valence-electron chi connectivity index (χ2n) is 5.67. The predicted molar refractivity (Wildman–Crippen MR) is 107 cm³/mol. The molecule has 2 nitrogen and oxygen atoms in total. The SMILES string of the molecule is Cc1ccc(-c2csc(/C(C#N)=C/c3cccc(Cl)c3Cl)n2)c(C)c1. The molecule has 0 bridgehead atoms. The van der Waals surface area contributed by atoms with Gasteiger partial charge in [0.25, 0.3) is 0 Å². The van der Waals surface area contributed by atoms with Gasteiger partial charge < -0.3 is 0 Å². The summed E-state index contributed by atoms with van der Waals surface area (Å²) < 4.78 is 0. The molecule has 0 aliphatic heterocycles. The van der Waals surface area contributed by atoms with Crippen molar-refractivity contribution in [2.45, 2.75) is 13.8 Å². The van der Waals surface area contributed by atoms with Gasteiger partial charge in [0.2, 0.25) is 0 Å². The highest BCUT2D eigenvalue weighted by molar-refractivity contribution is 7.11. The lowest BCUT2D eigenvalue weighted by Gasteiger charge is -2.03. The number of halogens is 2. The van der Waals surface area contributed by atoms with Gasteiger partial charge in [-0.2, -0.15) is 5.26 Å². The molecule has 0 spiro atoms. The minimum absolute atomic E-state index is 0.433. The van der Waals surface area contributed by atoms with Crippen LogP contribution in [-0.2, 0) is 0 Å². The molecule has 0 N–H and O–H groups in total. The maximum absolute atomic E-state index is 9.54. The fourth-order valence-electron chi connectivity index (χ4n) is 2.55. The zero-order valence-electron chi connectivity index (χ0n) is 13.7. The van der Waals surface area contributed by atoms with E-state index in [4.69, 9.17) is 23.2 Å². The number of allylic oxidation sites excluding steroid dienone is 1. The van der Waals surface area contributed by atoms with E-state index in [0.717, 1.165) is 16.8 Å². The number of benzene rings is 2. The average molecular weight is 385 g/mol. The third-order valence-corrected chi connectivity index (χ3v) is 5.50. The van der Waals surface area contributed by atoms with Crippen molar-refractivity contribution in [3.8, 4) is 17.3 Å². The van der Waals surface area contributed by atoms with E-state index in [9.17, 15) is 5.26 Å². The first kappa shape index (κ1) is 17.7. The van der Waals surface area contributed by atoms with Gasteiger partial charge >= 0.3 is 0 Å². The summed E-state index contributed by atoms with van der Waals surface area (Å²) in [6.45, 7) is 4.13. The molecule has 0 radical (unpaired) electrons. The Morgan fingerprint density at radius 3 is 2.72 bits per heavy atom. The molecule has 1 aromatic heterocycles. The molecule has 2 aromatic carbocycles. The van der Waals surface area contributed by atoms with Crippen LogP contribution in [0.5, 0.6) is 0 Å². The molecule has 3 aromatic rings. The Hall–Kier alpha value is -2.12. The number of rotatable bonds is 3. The van der Waals surface area contributed by atoms with Crippen LogP contribution >= 0.6 is 34.5 Å². The van der Waals surface area contributed by atoms with Gasteiger partial charge in [-0.1, -0.05) is 59.1 Å². The minimum Gasteiger partial charge on any atom is -0.235 e. The molecular weight excluding hydrogens is 371 g/mol. The third-order valence-electron chi connectivity index (χ3n) is 3.79. The van der Waals surface area contributed by atoms with Crippen LogP contribution in [0.4, 0.5) is 0 Å². The van der Waals surface area contributed by atoms with E-state index in [2.05, 4.69) is 43.1 Å². The van der Waals surface area contributed by atoms with E-state index < -0.39 is 0 Å². The molecule has 0 atom stereocenters. The van der Waals surface area contributed by atoms with E-state index in [1.807, 2.05) is 11.4 Å². The molecule has 0 aliphatic rings. The van der Waals surface area contributed by atoms with Gasteiger partial charge in [-0.15, -0.1) is 11.3 Å². The van der Waals surface area contributed by atoms with Crippen LogP contribution in [0.25, 0.3) is 22.9 Å². The van der Waals surface area contributed by atoms with Crippen LogP contribution in [-0.4, -0.2) is 4.98 Å². The second-order valence-corrected chi connectivity index (χ2v) is 7.31. The third kappa shape index (κ3) is 3.77. The average Bonchev–Trinajstić information content (AvgIpc) is 3.05. The normalized spacial score (nSPS) is 11.4. The number of hydrogen-bond donors (Lipinski definition) is 0. The van der Waals surface area contributed by atoms with Crippen LogP contribution in [0, 0.1) is 25.2 Å². The molecule has 0 fully saturated rings. The molecular formula is C20H14Cl2N2S. The number of aryl methyl sites for hydroxylation is 2. The molecule has 0 unspecified atom stereocenters. The van der Waals surface area contributed by atoms with Crippen molar-refractivity contribution in [1.82, 2.24) is 4.98 Å². The summed E-state index contributed by atoms with van der Waals surface area (Å²) >= 11 is 13.7. The molecule has 124 valence electrons. The summed E-state index contributed by atoms with van der Waals surface area (Å²) in [5.41, 5.74) is 5.49. The van der Waals surface area contributed by atoms with Crippen molar-refractivity contribution >= 4 is 46.2 Å². The molecule has 0 amide bonds. The number of thiazole rings is 1. The Kier molecular flexibility index (Phi) is 5.24. The molecule has 25 heavy (non-hydrogen) atoms. The Bertz CT molecular complexity index is 1010. The lowest BCUT2D eigenvalue weighted by atomic mass is 10.0. The summed E-state index contributed by atoms with van der Waals surface area (Å²) in [5, 5.41) is 13.1. The largest absolute Gasteiger partial charge is 0.235 e. The van der Waals surface area contributed by atoms with Gasteiger partial charge in [-0.3, -0.25) is 0 Å². The number of aromatic nitrogens is 1. The topological polar surface area (TPSA) is 36.7 Å². The lowest BCUT2D eigenvalue weighted by Crippen LogP contribution is -1.87. The smallest absolute Gasteiger partial charge is 0.134 e. The summed E-state index contributed by atoms with van der Waals surface area (Å²) in [5.74, 6) is 0. The maximum atomic E-state index is 9.54. The van der Waals surface area contributed by atoms with E-state index in [1.165, 1.54) is 16.9 Å². The second kappa shape index (κ2) is 7.41. The first-order valence-corrected chi connectivity index (χ1v) is 9.22. The van der Waals surface area contributed by atoms with Gasteiger partial charge in [-0.05, 0) is 37.1 Å². The van der Waals surface area contributed by atoms with Gasteiger partial charge in [0.1, 0.15) is 11.1 Å². The van der Waals surface area contributed by atoms with Crippen molar-refractivity contribution in [1.29, 1.82) is 5.26 Å². The number of nitrogens with zero attached hydrogens (tertiary/aromatic N) is 2. The fraction of sp³-hybridized carbons (Fsp3) is 0.100. The lowest BCUT2D eigenvalue weighted by molar-refractivity contribution is 1.32. The Labute approximate surface area is 161 Å². The first-order valence-electron chi connectivity index (χ1n) is 7.59. The predicted octanol–water partition coefficient (Wildman–Crippen LogP) is 6.80.